The Labute approximate surface area is 171 Å². The lowest BCUT2D eigenvalue weighted by Crippen LogP contribution is -2.39. The average Bonchev–Trinajstić information content (AvgIpc) is 2.67. The summed E-state index contributed by atoms with van der Waals surface area (Å²) in [6, 6.07) is 10.5. The van der Waals surface area contributed by atoms with Gasteiger partial charge in [0.15, 0.2) is 11.5 Å². The molecule has 0 radical (unpaired) electrons. The third-order valence-corrected chi connectivity index (χ3v) is 5.47. The number of ether oxygens (including phenoxy) is 2. The summed E-state index contributed by atoms with van der Waals surface area (Å²) in [5.74, 6) is 0.542. The average molecular weight is 420 g/mol. The molecule has 0 spiro atoms. The third kappa shape index (κ3) is 5.71. The number of carbonyl (C=O) groups excluding carboxylic acids is 1. The van der Waals surface area contributed by atoms with Gasteiger partial charge in [0, 0.05) is 0 Å². The quantitative estimate of drug-likeness (QED) is 0.523. The second-order valence-electron chi connectivity index (χ2n) is 6.40. The van der Waals surface area contributed by atoms with Gasteiger partial charge in [0.1, 0.15) is 6.54 Å². The summed E-state index contributed by atoms with van der Waals surface area (Å²) in [6.45, 7) is 3.31. The number of carbonyl (C=O) groups is 1. The minimum absolute atomic E-state index is 0.383. The van der Waals surface area contributed by atoms with Gasteiger partial charge in [0.25, 0.3) is 5.91 Å². The summed E-state index contributed by atoms with van der Waals surface area (Å²) in [4.78, 5) is 12.3. The summed E-state index contributed by atoms with van der Waals surface area (Å²) in [6.07, 6.45) is 2.50. The zero-order valence-electron chi connectivity index (χ0n) is 17.1. The summed E-state index contributed by atoms with van der Waals surface area (Å²) >= 11 is 0. The molecule has 0 fully saturated rings. The predicted octanol–water partition coefficient (Wildman–Crippen LogP) is 2.24. The van der Waals surface area contributed by atoms with E-state index in [4.69, 9.17) is 9.47 Å². The van der Waals surface area contributed by atoms with E-state index in [0.717, 1.165) is 21.7 Å². The SMILES string of the molecule is COc1ccc(/C=N\NC(=O)CN(c2cccc(C)c2C)S(C)(=O)=O)cc1OC. The van der Waals surface area contributed by atoms with Gasteiger partial charge in [0.05, 0.1) is 32.4 Å². The van der Waals surface area contributed by atoms with Crippen LogP contribution in [-0.2, 0) is 14.8 Å². The lowest BCUT2D eigenvalue weighted by molar-refractivity contribution is -0.119. The van der Waals surface area contributed by atoms with Crippen molar-refractivity contribution in [3.63, 3.8) is 0 Å². The maximum absolute atomic E-state index is 12.3. The first-order chi connectivity index (χ1) is 13.7. The second kappa shape index (κ2) is 9.42. The molecule has 0 aliphatic heterocycles. The van der Waals surface area contributed by atoms with Crippen LogP contribution in [0.4, 0.5) is 5.69 Å². The molecule has 2 aromatic carbocycles. The molecule has 0 unspecified atom stereocenters. The van der Waals surface area contributed by atoms with Crippen LogP contribution in [0.2, 0.25) is 0 Å². The zero-order valence-corrected chi connectivity index (χ0v) is 17.9. The minimum atomic E-state index is -3.66. The van der Waals surface area contributed by atoms with Gasteiger partial charge in [-0.25, -0.2) is 13.8 Å². The smallest absolute Gasteiger partial charge is 0.260 e. The molecular formula is C20H25N3O5S. The maximum Gasteiger partial charge on any atom is 0.260 e. The van der Waals surface area contributed by atoms with E-state index in [1.54, 1.807) is 30.3 Å². The van der Waals surface area contributed by atoms with Gasteiger partial charge < -0.3 is 9.47 Å². The van der Waals surface area contributed by atoms with E-state index in [-0.39, 0.29) is 6.54 Å². The molecule has 2 rings (SSSR count). The fraction of sp³-hybridized carbons (Fsp3) is 0.300. The number of hydrazone groups is 1. The Morgan fingerprint density at radius 2 is 1.83 bits per heavy atom. The molecule has 2 aromatic rings. The van der Waals surface area contributed by atoms with Crippen LogP contribution >= 0.6 is 0 Å². The Kier molecular flexibility index (Phi) is 7.22. The number of nitrogens with one attached hydrogen (secondary N) is 1. The van der Waals surface area contributed by atoms with E-state index >= 15 is 0 Å². The van der Waals surface area contributed by atoms with Gasteiger partial charge in [-0.3, -0.25) is 9.10 Å². The van der Waals surface area contributed by atoms with Gasteiger partial charge in [0.2, 0.25) is 10.0 Å². The number of anilines is 1. The van der Waals surface area contributed by atoms with Crippen LogP contribution in [-0.4, -0.2) is 47.6 Å². The molecule has 29 heavy (non-hydrogen) atoms. The Bertz CT molecular complexity index is 1020. The molecule has 1 amide bonds. The van der Waals surface area contributed by atoms with E-state index < -0.39 is 15.9 Å². The first kappa shape index (κ1) is 22.2. The maximum atomic E-state index is 12.3. The highest BCUT2D eigenvalue weighted by molar-refractivity contribution is 7.92. The van der Waals surface area contributed by atoms with E-state index in [2.05, 4.69) is 10.5 Å². The lowest BCUT2D eigenvalue weighted by atomic mass is 10.1. The highest BCUT2D eigenvalue weighted by Crippen LogP contribution is 2.27. The highest BCUT2D eigenvalue weighted by atomic mass is 32.2. The number of methoxy groups -OCH3 is 2. The highest BCUT2D eigenvalue weighted by Gasteiger charge is 2.22. The Balaban J connectivity index is 2.13. The van der Waals surface area contributed by atoms with E-state index in [0.29, 0.717) is 22.7 Å². The summed E-state index contributed by atoms with van der Waals surface area (Å²) < 4.78 is 35.9. The number of hydrogen-bond donors (Lipinski definition) is 1. The molecule has 156 valence electrons. The number of rotatable bonds is 8. The van der Waals surface area contributed by atoms with Crippen LogP contribution < -0.4 is 19.2 Å². The van der Waals surface area contributed by atoms with Crippen LogP contribution in [0.3, 0.4) is 0 Å². The van der Waals surface area contributed by atoms with Crippen molar-refractivity contribution in [3.8, 4) is 11.5 Å². The molecule has 1 N–H and O–H groups in total. The fourth-order valence-electron chi connectivity index (χ4n) is 2.66. The summed E-state index contributed by atoms with van der Waals surface area (Å²) in [7, 11) is -0.598. The minimum Gasteiger partial charge on any atom is -0.493 e. The summed E-state index contributed by atoms with van der Waals surface area (Å²) in [5, 5.41) is 3.90. The molecule has 8 nitrogen and oxygen atoms in total. The van der Waals surface area contributed by atoms with Crippen molar-refractivity contribution in [3.05, 3.63) is 53.1 Å². The molecule has 0 atom stereocenters. The third-order valence-electron chi connectivity index (χ3n) is 4.34. The topological polar surface area (TPSA) is 97.3 Å². The second-order valence-corrected chi connectivity index (χ2v) is 8.30. The summed E-state index contributed by atoms with van der Waals surface area (Å²) in [5.41, 5.74) is 5.22. The lowest BCUT2D eigenvalue weighted by Gasteiger charge is -2.23. The number of benzene rings is 2. The van der Waals surface area contributed by atoms with Crippen LogP contribution in [0.5, 0.6) is 11.5 Å². The monoisotopic (exact) mass is 419 g/mol. The van der Waals surface area contributed by atoms with Crippen molar-refractivity contribution in [2.45, 2.75) is 13.8 Å². The molecule has 0 aromatic heterocycles. The zero-order chi connectivity index (χ0) is 21.6. The van der Waals surface area contributed by atoms with Crippen LogP contribution in [0.1, 0.15) is 16.7 Å². The number of aryl methyl sites for hydroxylation is 1. The first-order valence-electron chi connectivity index (χ1n) is 8.75. The van der Waals surface area contributed by atoms with Crippen molar-refractivity contribution in [1.29, 1.82) is 0 Å². The van der Waals surface area contributed by atoms with Crippen molar-refractivity contribution in [2.75, 3.05) is 31.3 Å². The largest absolute Gasteiger partial charge is 0.493 e. The van der Waals surface area contributed by atoms with Crippen molar-refractivity contribution >= 4 is 27.8 Å². The standard InChI is InChI=1S/C20H25N3O5S/c1-14-7-6-8-17(15(14)2)23(29(5,25)26)13-20(24)22-21-12-16-9-10-18(27-3)19(11-16)28-4/h6-12H,13H2,1-5H3,(H,22,24)/b21-12-. The molecule has 0 aliphatic carbocycles. The molecule has 9 heteroatoms. The molecule has 0 bridgehead atoms. The number of nitrogens with zero attached hydrogens (tertiary/aromatic N) is 2. The first-order valence-corrected chi connectivity index (χ1v) is 10.6. The van der Waals surface area contributed by atoms with Crippen LogP contribution in [0.15, 0.2) is 41.5 Å². The number of amides is 1. The Morgan fingerprint density at radius 3 is 2.45 bits per heavy atom. The van der Waals surface area contributed by atoms with Crippen molar-refractivity contribution in [1.82, 2.24) is 5.43 Å². The van der Waals surface area contributed by atoms with Crippen LogP contribution in [0.25, 0.3) is 0 Å². The van der Waals surface area contributed by atoms with Crippen molar-refractivity contribution < 1.29 is 22.7 Å². The Hall–Kier alpha value is -3.07. The van der Waals surface area contributed by atoms with Crippen molar-refractivity contribution in [2.24, 2.45) is 5.10 Å². The number of hydrogen-bond acceptors (Lipinski definition) is 6. The normalized spacial score (nSPS) is 11.3. The molecule has 0 saturated heterocycles. The molecule has 0 heterocycles. The number of sulfonamides is 1. The van der Waals surface area contributed by atoms with Crippen LogP contribution in [0, 0.1) is 13.8 Å². The van der Waals surface area contributed by atoms with E-state index in [1.165, 1.54) is 20.4 Å². The fourth-order valence-corrected chi connectivity index (χ4v) is 3.57. The molecule has 0 aliphatic rings. The van der Waals surface area contributed by atoms with Gasteiger partial charge >= 0.3 is 0 Å². The van der Waals surface area contributed by atoms with E-state index in [9.17, 15) is 13.2 Å². The van der Waals surface area contributed by atoms with Gasteiger partial charge in [-0.1, -0.05) is 12.1 Å². The Morgan fingerprint density at radius 1 is 1.14 bits per heavy atom. The molecular weight excluding hydrogens is 394 g/mol. The van der Waals surface area contributed by atoms with E-state index in [1.807, 2.05) is 19.9 Å². The van der Waals surface area contributed by atoms with Gasteiger partial charge in [-0.15, -0.1) is 0 Å². The molecule has 0 saturated carbocycles. The van der Waals surface area contributed by atoms with Gasteiger partial charge in [-0.05, 0) is 54.8 Å². The predicted molar refractivity (Wildman–Crippen MR) is 113 cm³/mol. The van der Waals surface area contributed by atoms with Gasteiger partial charge in [-0.2, -0.15) is 5.10 Å².